The minimum Gasteiger partial charge on any atom is -0.351 e. The molecular weight excluding hydrogens is 300 g/mol. The topological polar surface area (TPSA) is 49.4 Å². The maximum atomic E-state index is 13.1. The molecule has 2 fully saturated rings. The molecule has 2 amide bonds. The van der Waals surface area contributed by atoms with E-state index in [1.54, 1.807) is 0 Å². The van der Waals surface area contributed by atoms with Gasteiger partial charge in [0.2, 0.25) is 5.91 Å². The second-order valence-electron chi connectivity index (χ2n) is 7.48. The lowest BCUT2D eigenvalue weighted by Gasteiger charge is -2.32. The van der Waals surface area contributed by atoms with E-state index in [9.17, 15) is 9.59 Å². The van der Waals surface area contributed by atoms with Gasteiger partial charge in [0.25, 0.3) is 5.91 Å². The van der Waals surface area contributed by atoms with Gasteiger partial charge < -0.3 is 10.2 Å². The van der Waals surface area contributed by atoms with Crippen LogP contribution in [-0.4, -0.2) is 28.8 Å². The number of fused-ring (bicyclic) bond motifs is 1. The Morgan fingerprint density at radius 3 is 2.38 bits per heavy atom. The molecule has 2 aliphatic carbocycles. The van der Waals surface area contributed by atoms with Gasteiger partial charge in [0.15, 0.2) is 0 Å². The van der Waals surface area contributed by atoms with Crippen molar-refractivity contribution in [2.45, 2.75) is 75.9 Å². The number of amides is 2. The zero-order valence-corrected chi connectivity index (χ0v) is 14.2. The van der Waals surface area contributed by atoms with E-state index in [0.717, 1.165) is 44.1 Å². The van der Waals surface area contributed by atoms with Crippen LogP contribution in [0.4, 0.5) is 0 Å². The van der Waals surface area contributed by atoms with E-state index in [-0.39, 0.29) is 23.9 Å². The van der Waals surface area contributed by atoms with Crippen LogP contribution < -0.4 is 5.32 Å². The molecule has 4 nitrogen and oxygen atoms in total. The second kappa shape index (κ2) is 6.58. The molecule has 0 aromatic heterocycles. The van der Waals surface area contributed by atoms with Crippen LogP contribution in [0.2, 0.25) is 0 Å². The molecule has 1 unspecified atom stereocenters. The highest BCUT2D eigenvalue weighted by Crippen LogP contribution is 2.39. The van der Waals surface area contributed by atoms with Gasteiger partial charge in [-0.3, -0.25) is 9.59 Å². The summed E-state index contributed by atoms with van der Waals surface area (Å²) in [5.41, 5.74) is 1.61. The van der Waals surface area contributed by atoms with Gasteiger partial charge in [-0.05, 0) is 37.3 Å². The monoisotopic (exact) mass is 326 g/mol. The quantitative estimate of drug-likeness (QED) is 0.923. The first-order valence-electron chi connectivity index (χ1n) is 9.47. The fourth-order valence-corrected chi connectivity index (χ4v) is 4.69. The summed E-state index contributed by atoms with van der Waals surface area (Å²) in [4.78, 5) is 27.9. The third-order valence-corrected chi connectivity index (χ3v) is 5.92. The van der Waals surface area contributed by atoms with E-state index < -0.39 is 6.04 Å². The van der Waals surface area contributed by atoms with Crippen LogP contribution in [0, 0.1) is 0 Å². The Morgan fingerprint density at radius 1 is 0.958 bits per heavy atom. The molecule has 1 atom stereocenters. The molecule has 24 heavy (non-hydrogen) atoms. The van der Waals surface area contributed by atoms with Crippen molar-refractivity contribution in [3.05, 3.63) is 35.4 Å². The van der Waals surface area contributed by atoms with Gasteiger partial charge in [-0.2, -0.15) is 0 Å². The van der Waals surface area contributed by atoms with E-state index >= 15 is 0 Å². The van der Waals surface area contributed by atoms with Crippen molar-refractivity contribution in [1.82, 2.24) is 10.2 Å². The van der Waals surface area contributed by atoms with Gasteiger partial charge in [-0.15, -0.1) is 0 Å². The Kier molecular flexibility index (Phi) is 4.30. The zero-order valence-electron chi connectivity index (χ0n) is 14.2. The van der Waals surface area contributed by atoms with Crippen LogP contribution in [0.1, 0.15) is 79.8 Å². The highest BCUT2D eigenvalue weighted by atomic mass is 16.2. The summed E-state index contributed by atoms with van der Waals surface area (Å²) in [5, 5.41) is 3.24. The Labute approximate surface area is 143 Å². The first kappa shape index (κ1) is 15.7. The molecule has 1 aromatic carbocycles. The first-order valence-corrected chi connectivity index (χ1v) is 9.47. The lowest BCUT2D eigenvalue weighted by Crippen LogP contribution is -2.46. The summed E-state index contributed by atoms with van der Waals surface area (Å²) < 4.78 is 0. The van der Waals surface area contributed by atoms with Crippen molar-refractivity contribution in [2.75, 3.05) is 0 Å². The van der Waals surface area contributed by atoms with Crippen LogP contribution in [0.5, 0.6) is 0 Å². The summed E-state index contributed by atoms with van der Waals surface area (Å²) in [6.45, 7) is 0. The number of nitrogens with zero attached hydrogens (tertiary/aromatic N) is 1. The van der Waals surface area contributed by atoms with Crippen LogP contribution in [-0.2, 0) is 4.79 Å². The molecule has 2 saturated carbocycles. The van der Waals surface area contributed by atoms with E-state index in [4.69, 9.17) is 0 Å². The van der Waals surface area contributed by atoms with E-state index in [2.05, 4.69) is 5.32 Å². The van der Waals surface area contributed by atoms with Crippen molar-refractivity contribution in [1.29, 1.82) is 0 Å². The van der Waals surface area contributed by atoms with Gasteiger partial charge in [-0.1, -0.05) is 50.3 Å². The predicted octanol–water partition coefficient (Wildman–Crippen LogP) is 3.58. The van der Waals surface area contributed by atoms with E-state index in [1.165, 1.54) is 19.3 Å². The number of hydrogen-bond acceptors (Lipinski definition) is 2. The molecule has 0 bridgehead atoms. The molecule has 1 heterocycles. The van der Waals surface area contributed by atoms with Crippen molar-refractivity contribution >= 4 is 11.8 Å². The highest BCUT2D eigenvalue weighted by Gasteiger charge is 2.45. The lowest BCUT2D eigenvalue weighted by molar-refractivity contribution is -0.127. The van der Waals surface area contributed by atoms with Gasteiger partial charge in [0, 0.05) is 17.6 Å². The third kappa shape index (κ3) is 2.72. The van der Waals surface area contributed by atoms with Crippen LogP contribution >= 0.6 is 0 Å². The molecular formula is C20H26N2O2. The molecule has 1 N–H and O–H groups in total. The van der Waals surface area contributed by atoms with Crippen LogP contribution in [0.15, 0.2) is 24.3 Å². The molecule has 128 valence electrons. The van der Waals surface area contributed by atoms with Crippen molar-refractivity contribution < 1.29 is 9.59 Å². The van der Waals surface area contributed by atoms with Gasteiger partial charge >= 0.3 is 0 Å². The minimum atomic E-state index is -0.432. The average molecular weight is 326 g/mol. The number of benzene rings is 1. The molecule has 1 aromatic rings. The Balaban J connectivity index is 1.61. The normalized spacial score (nSPS) is 25.1. The van der Waals surface area contributed by atoms with Crippen molar-refractivity contribution in [3.63, 3.8) is 0 Å². The summed E-state index contributed by atoms with van der Waals surface area (Å²) in [5.74, 6) is 0.0633. The van der Waals surface area contributed by atoms with Gasteiger partial charge in [0.1, 0.15) is 6.04 Å². The minimum absolute atomic E-state index is 0.0205. The highest BCUT2D eigenvalue weighted by molar-refractivity contribution is 6.05. The predicted molar refractivity (Wildman–Crippen MR) is 92.6 cm³/mol. The zero-order chi connectivity index (χ0) is 16.5. The number of carbonyl (C=O) groups excluding carboxylic acids is 2. The lowest BCUT2D eigenvalue weighted by atomic mass is 9.94. The van der Waals surface area contributed by atoms with Crippen molar-refractivity contribution in [2.24, 2.45) is 0 Å². The first-order chi connectivity index (χ1) is 11.8. The maximum absolute atomic E-state index is 13.1. The Hall–Kier alpha value is -1.84. The summed E-state index contributed by atoms with van der Waals surface area (Å²) in [6, 6.07) is 7.71. The molecule has 3 aliphatic rings. The van der Waals surface area contributed by atoms with E-state index in [1.807, 2.05) is 29.2 Å². The smallest absolute Gasteiger partial charge is 0.255 e. The molecule has 1 aliphatic heterocycles. The Morgan fingerprint density at radius 2 is 1.62 bits per heavy atom. The number of hydrogen-bond donors (Lipinski definition) is 1. The van der Waals surface area contributed by atoms with Crippen molar-refractivity contribution in [3.8, 4) is 0 Å². The average Bonchev–Trinajstić information content (AvgIpc) is 3.22. The largest absolute Gasteiger partial charge is 0.351 e. The summed E-state index contributed by atoms with van der Waals surface area (Å²) in [7, 11) is 0. The fraction of sp³-hybridized carbons (Fsp3) is 0.600. The summed E-state index contributed by atoms with van der Waals surface area (Å²) >= 11 is 0. The fourth-order valence-electron chi connectivity index (χ4n) is 4.69. The molecule has 0 saturated heterocycles. The second-order valence-corrected chi connectivity index (χ2v) is 7.48. The molecule has 0 radical (unpaired) electrons. The number of nitrogens with one attached hydrogen (secondary N) is 1. The van der Waals surface area contributed by atoms with Crippen LogP contribution in [0.3, 0.4) is 0 Å². The Bertz CT molecular complexity index is 630. The van der Waals surface area contributed by atoms with Crippen LogP contribution in [0.25, 0.3) is 0 Å². The standard InChI is InChI=1S/C20H26N2O2/c23-19(21-14-8-2-1-3-9-14)18-16-12-6-7-13-17(16)20(24)22(18)15-10-4-5-11-15/h6-7,12-15,18H,1-5,8-11H2,(H,21,23). The SMILES string of the molecule is O=C(NC1CCCCC1)C1c2ccccc2C(=O)N1C1CCCC1. The molecule has 4 rings (SSSR count). The number of rotatable bonds is 3. The van der Waals surface area contributed by atoms with Gasteiger partial charge in [-0.25, -0.2) is 0 Å². The molecule has 0 spiro atoms. The third-order valence-electron chi connectivity index (χ3n) is 5.92. The summed E-state index contributed by atoms with van der Waals surface area (Å²) in [6.07, 6.45) is 10.1. The molecule has 4 heteroatoms. The maximum Gasteiger partial charge on any atom is 0.255 e. The number of carbonyl (C=O) groups is 2. The van der Waals surface area contributed by atoms with Gasteiger partial charge in [0.05, 0.1) is 0 Å². The van der Waals surface area contributed by atoms with E-state index in [0.29, 0.717) is 5.56 Å².